The van der Waals surface area contributed by atoms with E-state index >= 15 is 0 Å². The van der Waals surface area contributed by atoms with Crippen molar-refractivity contribution in [2.75, 3.05) is 13.2 Å². The van der Waals surface area contributed by atoms with Crippen LogP contribution in [0.2, 0.25) is 0 Å². The van der Waals surface area contributed by atoms with Gasteiger partial charge in [0.2, 0.25) is 0 Å². The number of aliphatic hydroxyl groups is 2. The first-order chi connectivity index (χ1) is 4.70. The molecular weight excluding hydrogens is 134 g/mol. The molecule has 0 aromatic heterocycles. The van der Waals surface area contributed by atoms with Gasteiger partial charge >= 0.3 is 0 Å². The van der Waals surface area contributed by atoms with Crippen molar-refractivity contribution in [3.63, 3.8) is 0 Å². The number of nitrogens with one attached hydrogen (secondary N) is 1. The van der Waals surface area contributed by atoms with E-state index in [2.05, 4.69) is 5.32 Å². The van der Waals surface area contributed by atoms with Crippen molar-refractivity contribution in [1.82, 2.24) is 5.32 Å². The van der Waals surface area contributed by atoms with E-state index < -0.39 is 12.0 Å². The summed E-state index contributed by atoms with van der Waals surface area (Å²) in [6.45, 7) is -0.398. The quantitative estimate of drug-likeness (QED) is 0.404. The summed E-state index contributed by atoms with van der Waals surface area (Å²) in [5, 5.41) is 19.1. The van der Waals surface area contributed by atoms with Gasteiger partial charge in [0, 0.05) is 6.54 Å². The fourth-order valence-electron chi connectivity index (χ4n) is 0.326. The highest BCUT2D eigenvalue weighted by atomic mass is 16.3. The van der Waals surface area contributed by atoms with E-state index in [1.165, 1.54) is 0 Å². The van der Waals surface area contributed by atoms with Crippen molar-refractivity contribution in [3.05, 3.63) is 0 Å². The Kier molecular flexibility index (Phi) is 4.29. The average Bonchev–Trinajstić information content (AvgIpc) is 1.99. The first-order valence-corrected chi connectivity index (χ1v) is 2.74. The largest absolute Gasteiger partial charge is 0.394 e. The summed E-state index contributed by atoms with van der Waals surface area (Å²) in [5.41, 5.74) is 0. The van der Waals surface area contributed by atoms with Gasteiger partial charge in [0.15, 0.2) is 0 Å². The van der Waals surface area contributed by atoms with Crippen LogP contribution in [0.4, 0.5) is 0 Å². The lowest BCUT2D eigenvalue weighted by atomic mass is 10.4. The molecule has 0 aliphatic rings. The van der Waals surface area contributed by atoms with Crippen LogP contribution in [0, 0.1) is 12.3 Å². The molecule has 4 nitrogen and oxygen atoms in total. The Hall–Kier alpha value is -1.05. The highest BCUT2D eigenvalue weighted by Gasteiger charge is 2.01. The third kappa shape index (κ3) is 3.89. The van der Waals surface area contributed by atoms with E-state index in [-0.39, 0.29) is 13.2 Å². The summed E-state index contributed by atoms with van der Waals surface area (Å²) < 4.78 is 0. The Morgan fingerprint density at radius 3 is 2.80 bits per heavy atom. The fraction of sp³-hybridized carbons (Fsp3) is 0.500. The van der Waals surface area contributed by atoms with Gasteiger partial charge in [0.25, 0.3) is 5.91 Å². The van der Waals surface area contributed by atoms with Gasteiger partial charge in [-0.15, -0.1) is 6.42 Å². The zero-order valence-corrected chi connectivity index (χ0v) is 5.37. The summed E-state index contributed by atoms with van der Waals surface area (Å²) in [6, 6.07) is 0. The maximum absolute atomic E-state index is 10.3. The van der Waals surface area contributed by atoms with E-state index in [0.717, 1.165) is 0 Å². The predicted octanol–water partition coefficient (Wildman–Crippen LogP) is -1.91. The normalized spacial score (nSPS) is 11.7. The molecule has 3 N–H and O–H groups in total. The van der Waals surface area contributed by atoms with Gasteiger partial charge in [0.1, 0.15) is 0 Å². The first kappa shape index (κ1) is 8.95. The molecule has 0 rings (SSSR count). The van der Waals surface area contributed by atoms with Gasteiger partial charge in [0.05, 0.1) is 12.7 Å². The first-order valence-electron chi connectivity index (χ1n) is 2.74. The number of carbonyl (C=O) groups is 1. The molecule has 0 heterocycles. The number of terminal acetylenes is 1. The van der Waals surface area contributed by atoms with Crippen LogP contribution in [0.25, 0.3) is 0 Å². The topological polar surface area (TPSA) is 69.6 Å². The number of rotatable bonds is 3. The molecule has 0 aromatic carbocycles. The Morgan fingerprint density at radius 2 is 2.40 bits per heavy atom. The van der Waals surface area contributed by atoms with Gasteiger partial charge in [-0.1, -0.05) is 0 Å². The Morgan fingerprint density at radius 1 is 1.80 bits per heavy atom. The van der Waals surface area contributed by atoms with Gasteiger partial charge in [-0.3, -0.25) is 4.79 Å². The Labute approximate surface area is 58.9 Å². The van der Waals surface area contributed by atoms with Crippen LogP contribution in [0.15, 0.2) is 0 Å². The van der Waals surface area contributed by atoms with Crippen molar-refractivity contribution >= 4 is 5.91 Å². The Balaban J connectivity index is 3.37. The number of amides is 1. The molecule has 56 valence electrons. The molecule has 0 saturated carbocycles. The summed E-state index contributed by atoms with van der Waals surface area (Å²) in [4.78, 5) is 10.3. The van der Waals surface area contributed by atoms with Crippen molar-refractivity contribution in [2.45, 2.75) is 6.10 Å². The molecule has 0 spiro atoms. The number of hydrogen-bond donors (Lipinski definition) is 3. The van der Waals surface area contributed by atoms with E-state index in [0.29, 0.717) is 0 Å². The lowest BCUT2D eigenvalue weighted by Gasteiger charge is -2.05. The van der Waals surface area contributed by atoms with Crippen LogP contribution in [0.5, 0.6) is 0 Å². The molecule has 1 amide bonds. The average molecular weight is 143 g/mol. The molecule has 0 aliphatic heterocycles. The second-order valence-electron chi connectivity index (χ2n) is 1.69. The smallest absolute Gasteiger partial charge is 0.295 e. The second kappa shape index (κ2) is 4.79. The summed E-state index contributed by atoms with van der Waals surface area (Å²) >= 11 is 0. The maximum Gasteiger partial charge on any atom is 0.295 e. The highest BCUT2D eigenvalue weighted by Crippen LogP contribution is 1.75. The van der Waals surface area contributed by atoms with Crippen LogP contribution < -0.4 is 5.32 Å². The van der Waals surface area contributed by atoms with E-state index in [9.17, 15) is 4.79 Å². The van der Waals surface area contributed by atoms with Crippen molar-refractivity contribution in [2.24, 2.45) is 0 Å². The van der Waals surface area contributed by atoms with Crippen LogP contribution >= 0.6 is 0 Å². The molecule has 0 saturated heterocycles. The van der Waals surface area contributed by atoms with Crippen molar-refractivity contribution in [3.8, 4) is 12.3 Å². The molecule has 1 atom stereocenters. The number of hydrogen-bond acceptors (Lipinski definition) is 3. The maximum atomic E-state index is 10.3. The van der Waals surface area contributed by atoms with Crippen molar-refractivity contribution < 1.29 is 15.0 Å². The molecular formula is C6H9NO3. The minimum atomic E-state index is -0.933. The van der Waals surface area contributed by atoms with E-state index in [4.69, 9.17) is 16.6 Å². The van der Waals surface area contributed by atoms with Crippen LogP contribution in [-0.4, -0.2) is 35.4 Å². The van der Waals surface area contributed by atoms with Gasteiger partial charge in [-0.25, -0.2) is 0 Å². The zero-order chi connectivity index (χ0) is 7.98. The SMILES string of the molecule is C#CC(=O)NCC(O)CO. The molecule has 4 heteroatoms. The Bertz CT molecular complexity index is 150. The summed E-state index contributed by atoms with van der Waals surface area (Å²) in [5.74, 6) is 1.21. The molecule has 0 aliphatic carbocycles. The molecule has 0 aromatic rings. The minimum Gasteiger partial charge on any atom is -0.394 e. The number of carbonyl (C=O) groups excluding carboxylic acids is 1. The molecule has 0 fully saturated rings. The van der Waals surface area contributed by atoms with Gasteiger partial charge in [-0.2, -0.15) is 0 Å². The highest BCUT2D eigenvalue weighted by molar-refractivity contribution is 5.92. The van der Waals surface area contributed by atoms with E-state index in [1.807, 2.05) is 0 Å². The number of aliphatic hydroxyl groups excluding tert-OH is 2. The van der Waals surface area contributed by atoms with Crippen LogP contribution in [0.3, 0.4) is 0 Å². The lowest BCUT2D eigenvalue weighted by molar-refractivity contribution is -0.116. The lowest BCUT2D eigenvalue weighted by Crippen LogP contribution is -2.32. The second-order valence-corrected chi connectivity index (χ2v) is 1.69. The minimum absolute atomic E-state index is 0.0144. The predicted molar refractivity (Wildman–Crippen MR) is 34.9 cm³/mol. The third-order valence-corrected chi connectivity index (χ3v) is 0.840. The van der Waals surface area contributed by atoms with Gasteiger partial charge in [-0.05, 0) is 5.92 Å². The fourth-order valence-corrected chi connectivity index (χ4v) is 0.326. The van der Waals surface area contributed by atoms with Crippen molar-refractivity contribution in [1.29, 1.82) is 0 Å². The summed E-state index contributed by atoms with van der Waals surface area (Å²) in [7, 11) is 0. The van der Waals surface area contributed by atoms with Crippen LogP contribution in [0.1, 0.15) is 0 Å². The van der Waals surface area contributed by atoms with Crippen LogP contribution in [-0.2, 0) is 4.79 Å². The monoisotopic (exact) mass is 143 g/mol. The molecule has 1 unspecified atom stereocenters. The molecule has 10 heavy (non-hydrogen) atoms. The molecule has 0 radical (unpaired) electrons. The standard InChI is InChI=1S/C6H9NO3/c1-2-6(10)7-3-5(9)4-8/h1,5,8-9H,3-4H2,(H,7,10). The third-order valence-electron chi connectivity index (χ3n) is 0.840. The zero-order valence-electron chi connectivity index (χ0n) is 5.37. The van der Waals surface area contributed by atoms with E-state index in [1.54, 1.807) is 5.92 Å². The van der Waals surface area contributed by atoms with Gasteiger partial charge < -0.3 is 15.5 Å². The molecule has 0 bridgehead atoms. The summed E-state index contributed by atoms with van der Waals surface area (Å²) in [6.07, 6.45) is 3.76.